The van der Waals surface area contributed by atoms with Crippen LogP contribution in [0.5, 0.6) is 0 Å². The molecule has 2 N–H and O–H groups in total. The average molecular weight is 204 g/mol. The van der Waals surface area contributed by atoms with Crippen LogP contribution in [0.3, 0.4) is 0 Å². The first-order valence-electron chi connectivity index (χ1n) is 4.21. The molecule has 2 atom stereocenters. The molecular weight excluding hydrogens is 188 g/mol. The minimum Gasteiger partial charge on any atom is -0.392 e. The van der Waals surface area contributed by atoms with Crippen LogP contribution in [0.1, 0.15) is 13.3 Å². The Bertz CT molecular complexity index is 172. The number of thioether (sulfide) groups is 1. The van der Waals surface area contributed by atoms with Crippen molar-refractivity contribution in [2.45, 2.75) is 24.6 Å². The second-order valence-corrected chi connectivity index (χ2v) is 4.83. The van der Waals surface area contributed by atoms with Gasteiger partial charge in [0.1, 0.15) is 0 Å². The van der Waals surface area contributed by atoms with Gasteiger partial charge < -0.3 is 5.73 Å². The fraction of sp³-hybridized carbons (Fsp3) is 0.875. The van der Waals surface area contributed by atoms with Gasteiger partial charge in [0.2, 0.25) is 0 Å². The number of hydrogen-bond acceptors (Lipinski definition) is 3. The molecule has 1 saturated heterocycles. The SMILES string of the molecule is CSC1CCN(C(C)C(N)=S)C1. The molecule has 0 amide bonds. The zero-order valence-electron chi connectivity index (χ0n) is 7.62. The highest BCUT2D eigenvalue weighted by atomic mass is 32.2. The van der Waals surface area contributed by atoms with Gasteiger partial charge in [-0.15, -0.1) is 0 Å². The number of thiocarbonyl (C=S) groups is 1. The number of rotatable bonds is 3. The molecule has 70 valence electrons. The molecule has 1 fully saturated rings. The summed E-state index contributed by atoms with van der Waals surface area (Å²) in [6, 6.07) is 0.275. The first kappa shape index (κ1) is 10.3. The Morgan fingerprint density at radius 3 is 2.83 bits per heavy atom. The Hall–Kier alpha value is 0.200. The maximum Gasteiger partial charge on any atom is 0.0899 e. The molecule has 0 aromatic carbocycles. The van der Waals surface area contributed by atoms with Crippen LogP contribution in [-0.4, -0.2) is 40.5 Å². The van der Waals surface area contributed by atoms with Crippen LogP contribution < -0.4 is 5.73 Å². The predicted octanol–water partition coefficient (Wildman–Crippen LogP) is 1.10. The lowest BCUT2D eigenvalue weighted by Crippen LogP contribution is -2.40. The molecule has 0 aromatic heterocycles. The molecule has 12 heavy (non-hydrogen) atoms. The number of hydrogen-bond donors (Lipinski definition) is 1. The van der Waals surface area contributed by atoms with Crippen molar-refractivity contribution in [2.75, 3.05) is 19.3 Å². The van der Waals surface area contributed by atoms with E-state index in [0.717, 1.165) is 18.3 Å². The maximum atomic E-state index is 5.59. The molecule has 0 aliphatic carbocycles. The van der Waals surface area contributed by atoms with Crippen LogP contribution in [0.4, 0.5) is 0 Å². The van der Waals surface area contributed by atoms with E-state index in [1.807, 2.05) is 11.8 Å². The van der Waals surface area contributed by atoms with Crippen molar-refractivity contribution in [3.8, 4) is 0 Å². The molecule has 0 spiro atoms. The largest absolute Gasteiger partial charge is 0.392 e. The highest BCUT2D eigenvalue weighted by Crippen LogP contribution is 2.21. The van der Waals surface area contributed by atoms with E-state index in [-0.39, 0.29) is 6.04 Å². The fourth-order valence-corrected chi connectivity index (χ4v) is 2.31. The first-order chi connectivity index (χ1) is 5.65. The molecule has 0 bridgehead atoms. The van der Waals surface area contributed by atoms with Gasteiger partial charge in [-0.25, -0.2) is 0 Å². The van der Waals surface area contributed by atoms with E-state index in [4.69, 9.17) is 18.0 Å². The Balaban J connectivity index is 2.41. The van der Waals surface area contributed by atoms with Gasteiger partial charge >= 0.3 is 0 Å². The third-order valence-electron chi connectivity index (χ3n) is 2.47. The van der Waals surface area contributed by atoms with Crippen LogP contribution in [-0.2, 0) is 0 Å². The minimum absolute atomic E-state index is 0.275. The highest BCUT2D eigenvalue weighted by Gasteiger charge is 2.26. The average Bonchev–Trinajstić information content (AvgIpc) is 2.50. The summed E-state index contributed by atoms with van der Waals surface area (Å²) in [4.78, 5) is 2.99. The van der Waals surface area contributed by atoms with Crippen molar-refractivity contribution in [2.24, 2.45) is 5.73 Å². The third kappa shape index (κ3) is 2.34. The van der Waals surface area contributed by atoms with Gasteiger partial charge in [0.25, 0.3) is 0 Å². The van der Waals surface area contributed by atoms with E-state index in [1.54, 1.807) is 0 Å². The van der Waals surface area contributed by atoms with Crippen LogP contribution >= 0.6 is 24.0 Å². The standard InChI is InChI=1S/C8H16N2S2/c1-6(8(9)11)10-4-3-7(5-10)12-2/h6-7H,3-5H2,1-2H3,(H2,9,11). The van der Waals surface area contributed by atoms with Crippen molar-refractivity contribution >= 4 is 29.0 Å². The Labute approximate surface area is 83.9 Å². The summed E-state index contributed by atoms with van der Waals surface area (Å²) in [7, 11) is 0. The van der Waals surface area contributed by atoms with Gasteiger partial charge in [-0.3, -0.25) is 4.90 Å². The summed E-state index contributed by atoms with van der Waals surface area (Å²) in [6.07, 6.45) is 3.44. The van der Waals surface area contributed by atoms with Gasteiger partial charge in [-0.1, -0.05) is 12.2 Å². The highest BCUT2D eigenvalue weighted by molar-refractivity contribution is 7.99. The molecule has 0 aromatic rings. The van der Waals surface area contributed by atoms with Gasteiger partial charge in [-0.05, 0) is 26.1 Å². The second kappa shape index (κ2) is 4.44. The Morgan fingerprint density at radius 1 is 1.75 bits per heavy atom. The van der Waals surface area contributed by atoms with E-state index in [1.165, 1.54) is 6.42 Å². The molecule has 1 aliphatic heterocycles. The summed E-state index contributed by atoms with van der Waals surface area (Å²) in [5, 5.41) is 0.779. The van der Waals surface area contributed by atoms with Crippen molar-refractivity contribution in [3.05, 3.63) is 0 Å². The van der Waals surface area contributed by atoms with Crippen LogP contribution in [0.25, 0.3) is 0 Å². The lowest BCUT2D eigenvalue weighted by molar-refractivity contribution is 0.317. The first-order valence-corrected chi connectivity index (χ1v) is 5.91. The minimum atomic E-state index is 0.275. The fourth-order valence-electron chi connectivity index (χ4n) is 1.48. The van der Waals surface area contributed by atoms with E-state index in [0.29, 0.717) is 4.99 Å². The summed E-state index contributed by atoms with van der Waals surface area (Å²) in [5.41, 5.74) is 5.59. The molecule has 4 heteroatoms. The molecule has 2 unspecified atom stereocenters. The molecular formula is C8H16N2S2. The van der Waals surface area contributed by atoms with Crippen molar-refractivity contribution in [3.63, 3.8) is 0 Å². The van der Waals surface area contributed by atoms with Crippen molar-refractivity contribution in [1.29, 1.82) is 0 Å². The van der Waals surface area contributed by atoms with Crippen LogP contribution in [0.2, 0.25) is 0 Å². The summed E-state index contributed by atoms with van der Waals surface area (Å²) >= 11 is 6.90. The normalized spacial score (nSPS) is 27.3. The predicted molar refractivity (Wildman–Crippen MR) is 59.7 cm³/mol. The third-order valence-corrected chi connectivity index (χ3v) is 3.86. The molecule has 0 saturated carbocycles. The molecule has 2 nitrogen and oxygen atoms in total. The Morgan fingerprint density at radius 2 is 2.42 bits per heavy atom. The Kier molecular flexibility index (Phi) is 3.80. The lowest BCUT2D eigenvalue weighted by Gasteiger charge is -2.22. The van der Waals surface area contributed by atoms with Crippen molar-refractivity contribution < 1.29 is 0 Å². The lowest BCUT2D eigenvalue weighted by atomic mass is 10.3. The van der Waals surface area contributed by atoms with Crippen LogP contribution in [0, 0.1) is 0 Å². The van der Waals surface area contributed by atoms with Gasteiger partial charge in [-0.2, -0.15) is 11.8 Å². The molecule has 1 heterocycles. The van der Waals surface area contributed by atoms with Gasteiger partial charge in [0.05, 0.1) is 11.0 Å². The summed E-state index contributed by atoms with van der Waals surface area (Å²) < 4.78 is 0. The van der Waals surface area contributed by atoms with Crippen LogP contribution in [0.15, 0.2) is 0 Å². The quantitative estimate of drug-likeness (QED) is 0.697. The summed E-state index contributed by atoms with van der Waals surface area (Å²) in [5.74, 6) is 0. The molecule has 0 radical (unpaired) electrons. The number of nitrogens with two attached hydrogens (primary N) is 1. The zero-order chi connectivity index (χ0) is 9.14. The van der Waals surface area contributed by atoms with Gasteiger partial charge in [0.15, 0.2) is 0 Å². The smallest absolute Gasteiger partial charge is 0.0899 e. The zero-order valence-corrected chi connectivity index (χ0v) is 9.25. The van der Waals surface area contributed by atoms with E-state index >= 15 is 0 Å². The monoisotopic (exact) mass is 204 g/mol. The van der Waals surface area contributed by atoms with E-state index in [2.05, 4.69) is 18.1 Å². The second-order valence-electron chi connectivity index (χ2n) is 3.22. The van der Waals surface area contributed by atoms with Crippen molar-refractivity contribution in [1.82, 2.24) is 4.90 Å². The van der Waals surface area contributed by atoms with Gasteiger partial charge in [0, 0.05) is 11.8 Å². The number of nitrogens with zero attached hydrogens (tertiary/aromatic N) is 1. The maximum absolute atomic E-state index is 5.59. The molecule has 1 rings (SSSR count). The van der Waals surface area contributed by atoms with E-state index in [9.17, 15) is 0 Å². The number of likely N-dealkylation sites (tertiary alicyclic amines) is 1. The summed E-state index contributed by atoms with van der Waals surface area (Å²) in [6.45, 7) is 4.37. The molecule has 1 aliphatic rings. The topological polar surface area (TPSA) is 29.3 Å². The van der Waals surface area contributed by atoms with E-state index < -0.39 is 0 Å².